The molecule has 0 N–H and O–H groups in total. The van der Waals surface area contributed by atoms with Gasteiger partial charge in [0.2, 0.25) is 5.91 Å². The largest absolute Gasteiger partial charge is 0.304 e. The smallest absolute Gasteiger partial charge is 0.245 e. The SMILES string of the molecule is CN1CCN(CC(=O)n2c3ccccc3c3ccccc32)CC1. The average Bonchev–Trinajstić information content (AvgIpc) is 2.91. The predicted octanol–water partition coefficient (Wildman–Crippen LogP) is 2.68. The molecule has 2 heterocycles. The molecule has 0 amide bonds. The Kier molecular flexibility index (Phi) is 3.63. The number of likely N-dealkylation sites (N-methyl/N-ethyl adjacent to an activating group) is 1. The number of carbonyl (C=O) groups excluding carboxylic acids is 1. The van der Waals surface area contributed by atoms with Gasteiger partial charge in [0.1, 0.15) is 0 Å². The number of piperazine rings is 1. The summed E-state index contributed by atoms with van der Waals surface area (Å²) in [5, 5.41) is 2.30. The van der Waals surface area contributed by atoms with Crippen LogP contribution in [0.5, 0.6) is 0 Å². The van der Waals surface area contributed by atoms with Gasteiger partial charge in [-0.2, -0.15) is 0 Å². The summed E-state index contributed by atoms with van der Waals surface area (Å²) in [6.45, 7) is 4.45. The van der Waals surface area contributed by atoms with Gasteiger partial charge in [-0.1, -0.05) is 36.4 Å². The predicted molar refractivity (Wildman–Crippen MR) is 94.0 cm³/mol. The van der Waals surface area contributed by atoms with Crippen molar-refractivity contribution in [3.8, 4) is 0 Å². The lowest BCUT2D eigenvalue weighted by molar-refractivity contribution is 0.0806. The minimum absolute atomic E-state index is 0.159. The summed E-state index contributed by atoms with van der Waals surface area (Å²) in [5.41, 5.74) is 2.01. The van der Waals surface area contributed by atoms with Crippen molar-refractivity contribution < 1.29 is 4.79 Å². The molecule has 3 aromatic rings. The van der Waals surface area contributed by atoms with Crippen molar-refractivity contribution in [1.29, 1.82) is 0 Å². The quantitative estimate of drug-likeness (QED) is 0.729. The molecule has 1 aliphatic heterocycles. The third-order valence-corrected chi connectivity index (χ3v) is 4.78. The van der Waals surface area contributed by atoms with Crippen molar-refractivity contribution in [2.45, 2.75) is 0 Å². The van der Waals surface area contributed by atoms with Gasteiger partial charge in [-0.25, -0.2) is 0 Å². The van der Waals surface area contributed by atoms with Crippen molar-refractivity contribution in [1.82, 2.24) is 14.4 Å². The van der Waals surface area contributed by atoms with Gasteiger partial charge in [-0.15, -0.1) is 0 Å². The molecular formula is C19H21N3O. The highest BCUT2D eigenvalue weighted by Crippen LogP contribution is 2.28. The monoisotopic (exact) mass is 307 g/mol. The topological polar surface area (TPSA) is 28.5 Å². The number of rotatable bonds is 2. The third kappa shape index (κ3) is 2.54. The van der Waals surface area contributed by atoms with E-state index >= 15 is 0 Å². The van der Waals surface area contributed by atoms with Crippen LogP contribution in [0.3, 0.4) is 0 Å². The van der Waals surface area contributed by atoms with E-state index in [0.29, 0.717) is 6.54 Å². The van der Waals surface area contributed by atoms with E-state index in [9.17, 15) is 4.79 Å². The van der Waals surface area contributed by atoms with Crippen molar-refractivity contribution in [2.75, 3.05) is 39.8 Å². The Bertz CT molecular complexity index is 806. The molecule has 0 radical (unpaired) electrons. The number of hydrogen-bond donors (Lipinski definition) is 0. The Labute approximate surface area is 135 Å². The standard InChI is InChI=1S/C19H21N3O/c1-20-10-12-21(13-11-20)14-19(23)22-17-8-4-2-6-15(17)16-7-3-5-9-18(16)22/h2-9H,10-14H2,1H3. The fourth-order valence-electron chi connectivity index (χ4n) is 3.46. The van der Waals surface area contributed by atoms with Crippen molar-refractivity contribution in [3.63, 3.8) is 0 Å². The van der Waals surface area contributed by atoms with E-state index in [4.69, 9.17) is 0 Å². The Hall–Kier alpha value is -2.17. The molecule has 0 aliphatic carbocycles. The second-order valence-corrected chi connectivity index (χ2v) is 6.34. The van der Waals surface area contributed by atoms with E-state index in [-0.39, 0.29) is 5.91 Å². The summed E-state index contributed by atoms with van der Waals surface area (Å²) >= 11 is 0. The fraction of sp³-hybridized carbons (Fsp3) is 0.316. The van der Waals surface area contributed by atoms with Crippen LogP contribution < -0.4 is 0 Å². The highest BCUT2D eigenvalue weighted by Gasteiger charge is 2.20. The molecule has 0 unspecified atom stereocenters. The summed E-state index contributed by atoms with van der Waals surface area (Å²) in [6, 6.07) is 16.3. The van der Waals surface area contributed by atoms with Gasteiger partial charge in [-0.3, -0.25) is 14.3 Å². The Morgan fingerprint density at radius 3 is 1.96 bits per heavy atom. The van der Waals surface area contributed by atoms with Gasteiger partial charge >= 0.3 is 0 Å². The van der Waals surface area contributed by atoms with Crippen LogP contribution in [-0.4, -0.2) is 60.0 Å². The van der Waals surface area contributed by atoms with Gasteiger partial charge in [0.25, 0.3) is 0 Å². The second kappa shape index (κ2) is 5.80. The van der Waals surface area contributed by atoms with E-state index < -0.39 is 0 Å². The van der Waals surface area contributed by atoms with Crippen LogP contribution in [0.15, 0.2) is 48.5 Å². The first-order valence-electron chi connectivity index (χ1n) is 8.16. The lowest BCUT2D eigenvalue weighted by Gasteiger charge is -2.31. The molecule has 4 heteroatoms. The molecule has 2 aromatic carbocycles. The van der Waals surface area contributed by atoms with Crippen molar-refractivity contribution in [3.05, 3.63) is 48.5 Å². The van der Waals surface area contributed by atoms with E-state index in [0.717, 1.165) is 48.0 Å². The number of fused-ring (bicyclic) bond motifs is 3. The lowest BCUT2D eigenvalue weighted by atomic mass is 10.2. The molecule has 4 nitrogen and oxygen atoms in total. The maximum absolute atomic E-state index is 13.0. The summed E-state index contributed by atoms with van der Waals surface area (Å²) in [6.07, 6.45) is 0. The Morgan fingerprint density at radius 2 is 1.39 bits per heavy atom. The maximum atomic E-state index is 13.0. The zero-order chi connectivity index (χ0) is 15.8. The highest BCUT2D eigenvalue weighted by molar-refractivity contribution is 6.13. The summed E-state index contributed by atoms with van der Waals surface area (Å²) in [4.78, 5) is 17.6. The molecule has 4 rings (SSSR count). The van der Waals surface area contributed by atoms with Gasteiger partial charge in [0.15, 0.2) is 0 Å². The average molecular weight is 307 g/mol. The Balaban J connectivity index is 1.73. The highest BCUT2D eigenvalue weighted by atomic mass is 16.2. The minimum Gasteiger partial charge on any atom is -0.304 e. The van der Waals surface area contributed by atoms with E-state index in [1.807, 2.05) is 41.0 Å². The van der Waals surface area contributed by atoms with Crippen LogP contribution in [0.4, 0.5) is 0 Å². The van der Waals surface area contributed by atoms with Gasteiger partial charge < -0.3 is 4.90 Å². The molecule has 0 spiro atoms. The minimum atomic E-state index is 0.159. The zero-order valence-electron chi connectivity index (χ0n) is 13.4. The number of aromatic nitrogens is 1. The van der Waals surface area contributed by atoms with Gasteiger partial charge in [0, 0.05) is 37.0 Å². The van der Waals surface area contributed by atoms with Crippen LogP contribution in [0, 0.1) is 0 Å². The molecule has 0 bridgehead atoms. The first-order valence-corrected chi connectivity index (χ1v) is 8.16. The molecular weight excluding hydrogens is 286 g/mol. The lowest BCUT2D eigenvalue weighted by Crippen LogP contribution is -2.46. The molecule has 1 aliphatic rings. The number of nitrogens with zero attached hydrogens (tertiary/aromatic N) is 3. The van der Waals surface area contributed by atoms with Gasteiger partial charge in [-0.05, 0) is 19.2 Å². The van der Waals surface area contributed by atoms with Crippen LogP contribution in [0.25, 0.3) is 21.8 Å². The van der Waals surface area contributed by atoms with Gasteiger partial charge in [0.05, 0.1) is 17.6 Å². The normalized spacial score (nSPS) is 17.1. The van der Waals surface area contributed by atoms with E-state index in [2.05, 4.69) is 29.0 Å². The molecule has 1 saturated heterocycles. The van der Waals surface area contributed by atoms with Crippen LogP contribution in [0.2, 0.25) is 0 Å². The van der Waals surface area contributed by atoms with Crippen LogP contribution in [-0.2, 0) is 0 Å². The first kappa shape index (κ1) is 14.4. The van der Waals surface area contributed by atoms with Crippen LogP contribution >= 0.6 is 0 Å². The number of hydrogen-bond acceptors (Lipinski definition) is 3. The molecule has 118 valence electrons. The molecule has 0 saturated carbocycles. The number of benzene rings is 2. The van der Waals surface area contributed by atoms with E-state index in [1.165, 1.54) is 0 Å². The third-order valence-electron chi connectivity index (χ3n) is 4.78. The molecule has 1 fully saturated rings. The summed E-state index contributed by atoms with van der Waals surface area (Å²) < 4.78 is 1.89. The number of para-hydroxylation sites is 2. The second-order valence-electron chi connectivity index (χ2n) is 6.34. The first-order chi connectivity index (χ1) is 11.2. The number of carbonyl (C=O) groups is 1. The van der Waals surface area contributed by atoms with Crippen LogP contribution in [0.1, 0.15) is 4.79 Å². The molecule has 23 heavy (non-hydrogen) atoms. The van der Waals surface area contributed by atoms with Crippen molar-refractivity contribution >= 4 is 27.7 Å². The maximum Gasteiger partial charge on any atom is 0.245 e. The van der Waals surface area contributed by atoms with Crippen molar-refractivity contribution in [2.24, 2.45) is 0 Å². The summed E-state index contributed by atoms with van der Waals surface area (Å²) in [5.74, 6) is 0.159. The summed E-state index contributed by atoms with van der Waals surface area (Å²) in [7, 11) is 2.13. The fourth-order valence-corrected chi connectivity index (χ4v) is 3.46. The van der Waals surface area contributed by atoms with E-state index in [1.54, 1.807) is 0 Å². The molecule has 1 aromatic heterocycles. The molecule has 0 atom stereocenters. The Morgan fingerprint density at radius 1 is 0.870 bits per heavy atom. The zero-order valence-corrected chi connectivity index (χ0v) is 13.4.